The van der Waals surface area contributed by atoms with Gasteiger partial charge in [0.05, 0.1) is 17.8 Å². The number of hydrogen-bond donors (Lipinski definition) is 4. The summed E-state index contributed by atoms with van der Waals surface area (Å²) < 4.78 is 38.1. The highest BCUT2D eigenvalue weighted by atomic mass is 32.1. The molecule has 1 aliphatic rings. The van der Waals surface area contributed by atoms with Gasteiger partial charge in [-0.3, -0.25) is 14.8 Å². The summed E-state index contributed by atoms with van der Waals surface area (Å²) in [5.74, 6) is 0.395. The molecule has 3 heterocycles. The van der Waals surface area contributed by atoms with Crippen LogP contribution in [0.1, 0.15) is 17.0 Å². The zero-order valence-electron chi connectivity index (χ0n) is 17.0. The van der Waals surface area contributed by atoms with Gasteiger partial charge in [0, 0.05) is 36.1 Å². The summed E-state index contributed by atoms with van der Waals surface area (Å²) in [4.78, 5) is 46.0. The van der Waals surface area contributed by atoms with Crippen molar-refractivity contribution >= 4 is 23.2 Å². The van der Waals surface area contributed by atoms with Crippen LogP contribution in [0.25, 0.3) is 11.3 Å². The predicted molar refractivity (Wildman–Crippen MR) is 116 cm³/mol. The van der Waals surface area contributed by atoms with E-state index in [0.29, 0.717) is 41.6 Å². The van der Waals surface area contributed by atoms with Gasteiger partial charge in [0.15, 0.2) is 0 Å². The molecule has 4 N–H and O–H groups in total. The first-order chi connectivity index (χ1) is 15.7. The highest BCUT2D eigenvalue weighted by Gasteiger charge is 2.30. The Morgan fingerprint density at radius 2 is 1.97 bits per heavy atom. The number of carbonyl (C=O) groups excluding carboxylic acids is 1. The quantitative estimate of drug-likeness (QED) is 0.446. The highest BCUT2D eigenvalue weighted by Crippen LogP contribution is 2.31. The van der Waals surface area contributed by atoms with Crippen molar-refractivity contribution in [2.75, 3.05) is 18.0 Å². The number of aromatic amines is 2. The van der Waals surface area contributed by atoms with Crippen molar-refractivity contribution in [1.29, 1.82) is 0 Å². The molecule has 33 heavy (non-hydrogen) atoms. The van der Waals surface area contributed by atoms with Gasteiger partial charge in [0.2, 0.25) is 0 Å². The minimum Gasteiger partial charge on any atom is -0.356 e. The molecule has 13 heteroatoms. The smallest absolute Gasteiger partial charge is 0.356 e. The summed E-state index contributed by atoms with van der Waals surface area (Å²) >= 11 is 1.29. The van der Waals surface area contributed by atoms with E-state index in [0.717, 1.165) is 12.1 Å². The number of carbonyl (C=O) groups is 1. The number of nitrogens with zero attached hydrogens (tertiary/aromatic N) is 2. The fourth-order valence-corrected chi connectivity index (χ4v) is 4.21. The second-order valence-corrected chi connectivity index (χ2v) is 8.38. The molecule has 0 saturated carbocycles. The van der Waals surface area contributed by atoms with Crippen LogP contribution < -0.4 is 26.8 Å². The van der Waals surface area contributed by atoms with Crippen LogP contribution in [0, 0.1) is 0 Å². The van der Waals surface area contributed by atoms with Gasteiger partial charge in [-0.15, -0.1) is 11.3 Å². The Hall–Kier alpha value is -3.61. The molecule has 1 aromatic carbocycles. The predicted octanol–water partition coefficient (Wildman–Crippen LogP) is 2.28. The molecule has 1 aliphatic heterocycles. The van der Waals surface area contributed by atoms with E-state index in [2.05, 4.69) is 25.6 Å². The van der Waals surface area contributed by atoms with Crippen LogP contribution in [0.2, 0.25) is 0 Å². The highest BCUT2D eigenvalue weighted by molar-refractivity contribution is 7.09. The van der Waals surface area contributed by atoms with Crippen LogP contribution >= 0.6 is 11.3 Å². The SMILES string of the molecule is O=C(NCc1nc(-c2ccc(C(F)(F)F)cc2)cs1)N[C@H]1CCN(c2cc(=O)[nH]c(=O)[nH]2)C1. The van der Waals surface area contributed by atoms with E-state index in [1.165, 1.54) is 29.5 Å². The Morgan fingerprint density at radius 3 is 2.67 bits per heavy atom. The molecule has 1 fully saturated rings. The van der Waals surface area contributed by atoms with E-state index in [9.17, 15) is 27.6 Å². The Bertz CT molecular complexity index is 1220. The number of halogens is 3. The first-order valence-corrected chi connectivity index (χ1v) is 10.8. The molecule has 0 unspecified atom stereocenters. The van der Waals surface area contributed by atoms with Crippen molar-refractivity contribution in [2.45, 2.75) is 25.2 Å². The fourth-order valence-electron chi connectivity index (χ4n) is 3.47. The molecule has 174 valence electrons. The van der Waals surface area contributed by atoms with Gasteiger partial charge in [0.1, 0.15) is 10.8 Å². The number of anilines is 1. The van der Waals surface area contributed by atoms with Gasteiger partial charge < -0.3 is 15.5 Å². The van der Waals surface area contributed by atoms with Crippen LogP contribution in [0.5, 0.6) is 0 Å². The Morgan fingerprint density at radius 1 is 1.21 bits per heavy atom. The van der Waals surface area contributed by atoms with E-state index in [4.69, 9.17) is 0 Å². The van der Waals surface area contributed by atoms with Crippen LogP contribution in [-0.2, 0) is 12.7 Å². The normalized spacial score (nSPS) is 16.1. The molecule has 1 saturated heterocycles. The molecule has 0 spiro atoms. The van der Waals surface area contributed by atoms with E-state index in [-0.39, 0.29) is 12.6 Å². The Labute approximate surface area is 188 Å². The second kappa shape index (κ2) is 9.10. The van der Waals surface area contributed by atoms with Gasteiger partial charge in [-0.05, 0) is 18.6 Å². The molecule has 2 aromatic heterocycles. The van der Waals surface area contributed by atoms with Crippen molar-refractivity contribution in [1.82, 2.24) is 25.6 Å². The molecule has 9 nitrogen and oxygen atoms in total. The third kappa shape index (κ3) is 5.61. The zero-order valence-corrected chi connectivity index (χ0v) is 17.8. The van der Waals surface area contributed by atoms with Crippen molar-refractivity contribution in [2.24, 2.45) is 0 Å². The summed E-state index contributed by atoms with van der Waals surface area (Å²) in [5.41, 5.74) is -0.730. The summed E-state index contributed by atoms with van der Waals surface area (Å²) in [6.07, 6.45) is -3.76. The second-order valence-electron chi connectivity index (χ2n) is 7.43. The van der Waals surface area contributed by atoms with E-state index < -0.39 is 29.0 Å². The molecular weight excluding hydrogens is 461 g/mol. The molecular formula is C20H19F3N6O3S. The number of amides is 2. The maximum atomic E-state index is 12.7. The van der Waals surface area contributed by atoms with Crippen LogP contribution in [0.4, 0.5) is 23.8 Å². The Kier molecular flexibility index (Phi) is 6.22. The molecule has 0 bridgehead atoms. The number of rotatable bonds is 5. The van der Waals surface area contributed by atoms with Gasteiger partial charge in [-0.25, -0.2) is 14.6 Å². The maximum Gasteiger partial charge on any atom is 0.416 e. The number of nitrogens with one attached hydrogen (secondary N) is 4. The third-order valence-electron chi connectivity index (χ3n) is 5.07. The monoisotopic (exact) mass is 480 g/mol. The van der Waals surface area contributed by atoms with E-state index >= 15 is 0 Å². The average Bonchev–Trinajstić information content (AvgIpc) is 3.41. The van der Waals surface area contributed by atoms with Gasteiger partial charge in [-0.1, -0.05) is 12.1 Å². The molecule has 1 atom stereocenters. The third-order valence-corrected chi connectivity index (χ3v) is 5.92. The lowest BCUT2D eigenvalue weighted by molar-refractivity contribution is -0.137. The molecule has 3 aromatic rings. The zero-order chi connectivity index (χ0) is 23.6. The van der Waals surface area contributed by atoms with Crippen LogP contribution in [-0.4, -0.2) is 40.1 Å². The fraction of sp³-hybridized carbons (Fsp3) is 0.300. The first-order valence-electron chi connectivity index (χ1n) is 9.92. The van der Waals surface area contributed by atoms with Crippen molar-refractivity contribution < 1.29 is 18.0 Å². The summed E-state index contributed by atoms with van der Waals surface area (Å²) in [6.45, 7) is 1.16. The summed E-state index contributed by atoms with van der Waals surface area (Å²) in [7, 11) is 0. The number of thiazole rings is 1. The number of alkyl halides is 3. The topological polar surface area (TPSA) is 123 Å². The largest absolute Gasteiger partial charge is 0.416 e. The lowest BCUT2D eigenvalue weighted by Gasteiger charge is -2.18. The van der Waals surface area contributed by atoms with E-state index in [1.807, 2.05) is 0 Å². The first kappa shape index (κ1) is 22.6. The minimum atomic E-state index is -4.39. The number of benzene rings is 1. The number of aromatic nitrogens is 3. The van der Waals surface area contributed by atoms with Crippen molar-refractivity contribution in [3.05, 3.63) is 67.1 Å². The number of urea groups is 1. The maximum absolute atomic E-state index is 12.7. The number of hydrogen-bond acceptors (Lipinski definition) is 6. The van der Waals surface area contributed by atoms with Gasteiger partial charge in [0.25, 0.3) is 5.56 Å². The lowest BCUT2D eigenvalue weighted by atomic mass is 10.1. The van der Waals surface area contributed by atoms with E-state index in [1.54, 1.807) is 10.3 Å². The Balaban J connectivity index is 1.28. The van der Waals surface area contributed by atoms with Gasteiger partial charge in [-0.2, -0.15) is 13.2 Å². The minimum absolute atomic E-state index is 0.162. The molecule has 0 radical (unpaired) electrons. The molecule has 0 aliphatic carbocycles. The van der Waals surface area contributed by atoms with Crippen molar-refractivity contribution in [3.63, 3.8) is 0 Å². The summed E-state index contributed by atoms with van der Waals surface area (Å²) in [5, 5.41) is 7.87. The van der Waals surface area contributed by atoms with Crippen LogP contribution in [0.15, 0.2) is 45.3 Å². The lowest BCUT2D eigenvalue weighted by Crippen LogP contribution is -2.43. The summed E-state index contributed by atoms with van der Waals surface area (Å²) in [6, 6.07) is 5.46. The van der Waals surface area contributed by atoms with Gasteiger partial charge >= 0.3 is 17.9 Å². The molecule has 2 amide bonds. The number of H-pyrrole nitrogens is 2. The average molecular weight is 480 g/mol. The standard InChI is InChI=1S/C20H19F3N6O3S/c21-20(22,23)12-3-1-11(2-4-12)14-10-33-17(26-14)8-24-18(31)25-13-5-6-29(9-13)15-7-16(30)28-19(32)27-15/h1-4,7,10,13H,5-6,8-9H2,(H2,24,25,31)(H2,27,28,30,32)/t13-/m0/s1. The van der Waals surface area contributed by atoms with Crippen molar-refractivity contribution in [3.8, 4) is 11.3 Å². The van der Waals surface area contributed by atoms with Crippen LogP contribution in [0.3, 0.4) is 0 Å². The molecule has 4 rings (SSSR count).